The Morgan fingerprint density at radius 2 is 2.18 bits per heavy atom. The van der Waals surface area contributed by atoms with E-state index in [1.54, 1.807) is 26.1 Å². The topological polar surface area (TPSA) is 92.9 Å². The molecule has 22 heavy (non-hydrogen) atoms. The Kier molecular flexibility index (Phi) is 6.62. The van der Waals surface area contributed by atoms with Gasteiger partial charge in [0, 0.05) is 37.0 Å². The minimum atomic E-state index is -2.53. The molecule has 122 valence electrons. The van der Waals surface area contributed by atoms with Crippen molar-refractivity contribution < 1.29 is 19.3 Å². The molecule has 1 aromatic carbocycles. The van der Waals surface area contributed by atoms with Gasteiger partial charge in [0.05, 0.1) is 4.92 Å². The van der Waals surface area contributed by atoms with Crippen molar-refractivity contribution in [3.05, 3.63) is 33.9 Å². The van der Waals surface area contributed by atoms with E-state index in [0.717, 1.165) is 0 Å². The molecule has 0 bridgehead atoms. The minimum Gasteiger partial charge on any atom is -0.481 e. The summed E-state index contributed by atoms with van der Waals surface area (Å²) < 4.78 is 7.36. The van der Waals surface area contributed by atoms with Crippen molar-refractivity contribution >= 4 is 35.2 Å². The molecule has 1 rings (SSSR count). The number of carboxylic acids is 1. The molecule has 9 heteroatoms. The molecule has 0 spiro atoms. The van der Waals surface area contributed by atoms with Crippen LogP contribution in [0.5, 0.6) is 0 Å². The van der Waals surface area contributed by atoms with Crippen molar-refractivity contribution in [2.45, 2.75) is 19.8 Å². The van der Waals surface area contributed by atoms with Crippen molar-refractivity contribution in [3.8, 4) is 0 Å². The lowest BCUT2D eigenvalue weighted by molar-refractivity contribution is -0.385. The fraction of sp³-hybridized carbons (Fsp3) is 0.462. The van der Waals surface area contributed by atoms with Crippen LogP contribution in [0.25, 0.3) is 0 Å². The second-order valence-electron chi connectivity index (χ2n) is 4.81. The van der Waals surface area contributed by atoms with Crippen LogP contribution in [-0.4, -0.2) is 41.4 Å². The molecule has 7 nitrogen and oxygen atoms in total. The second kappa shape index (κ2) is 7.78. The highest BCUT2D eigenvalue weighted by molar-refractivity contribution is 8.14. The largest absolute Gasteiger partial charge is 0.481 e. The third-order valence-electron chi connectivity index (χ3n) is 3.27. The summed E-state index contributed by atoms with van der Waals surface area (Å²) in [7, 11) is 3.29. The highest BCUT2D eigenvalue weighted by Gasteiger charge is 2.26. The number of carboxylic acid groups (broad SMARTS) is 1. The van der Waals surface area contributed by atoms with Crippen LogP contribution >= 0.6 is 6.42 Å². The van der Waals surface area contributed by atoms with Crippen LogP contribution in [0.2, 0.25) is 0 Å². The van der Waals surface area contributed by atoms with Gasteiger partial charge in [-0.15, -0.1) is 0 Å². The van der Waals surface area contributed by atoms with E-state index in [1.165, 1.54) is 13.2 Å². The van der Waals surface area contributed by atoms with Gasteiger partial charge in [0.2, 0.25) is 0 Å². The van der Waals surface area contributed by atoms with Crippen molar-refractivity contribution in [1.82, 2.24) is 4.67 Å². The zero-order valence-corrected chi connectivity index (χ0v) is 14.4. The summed E-state index contributed by atoms with van der Waals surface area (Å²) in [5.74, 6) is -0.856. The van der Waals surface area contributed by atoms with E-state index in [0.29, 0.717) is 23.8 Å². The standard InChI is InChI=1S/C13H19N2O5PS/c1-10-9-11(6-7-12(10)15(18)19)21(22,20-3)14(2)8-4-5-13(16)17/h6-7,9H,4-5,8H2,1-3H3,(H,16,17). The predicted molar refractivity (Wildman–Crippen MR) is 88.3 cm³/mol. The molecule has 1 atom stereocenters. The molecule has 0 fully saturated rings. The lowest BCUT2D eigenvalue weighted by atomic mass is 10.2. The first-order valence-corrected chi connectivity index (χ1v) is 9.24. The highest BCUT2D eigenvalue weighted by atomic mass is 32.4. The molecule has 1 unspecified atom stereocenters. The minimum absolute atomic E-state index is 0.0370. The van der Waals surface area contributed by atoms with Gasteiger partial charge in [-0.1, -0.05) is 0 Å². The van der Waals surface area contributed by atoms with Gasteiger partial charge < -0.3 is 9.63 Å². The van der Waals surface area contributed by atoms with Crippen molar-refractivity contribution in [2.24, 2.45) is 0 Å². The zero-order valence-electron chi connectivity index (χ0n) is 12.7. The molecule has 0 amide bonds. The van der Waals surface area contributed by atoms with Crippen molar-refractivity contribution in [3.63, 3.8) is 0 Å². The monoisotopic (exact) mass is 346 g/mol. The number of rotatable bonds is 8. The Hall–Kier alpha value is -1.34. The quantitative estimate of drug-likeness (QED) is 0.438. The van der Waals surface area contributed by atoms with E-state index in [1.807, 2.05) is 4.67 Å². The molecule has 0 saturated carbocycles. The number of carbonyl (C=O) groups is 1. The summed E-state index contributed by atoms with van der Waals surface area (Å²) in [5.41, 5.74) is 0.558. The van der Waals surface area contributed by atoms with Crippen LogP contribution in [0.15, 0.2) is 18.2 Å². The van der Waals surface area contributed by atoms with E-state index in [-0.39, 0.29) is 12.1 Å². The lowest BCUT2D eigenvalue weighted by Gasteiger charge is -2.30. The third kappa shape index (κ3) is 4.33. The van der Waals surface area contributed by atoms with Gasteiger partial charge in [0.1, 0.15) is 0 Å². The van der Waals surface area contributed by atoms with Crippen LogP contribution in [-0.2, 0) is 21.1 Å². The number of aliphatic carboxylic acids is 1. The Morgan fingerprint density at radius 3 is 2.64 bits per heavy atom. The van der Waals surface area contributed by atoms with E-state index in [4.69, 9.17) is 21.4 Å². The van der Waals surface area contributed by atoms with Gasteiger partial charge in [-0.25, -0.2) is 0 Å². The average molecular weight is 346 g/mol. The maximum absolute atomic E-state index is 10.9. The molecule has 0 heterocycles. The van der Waals surface area contributed by atoms with Gasteiger partial charge in [0.15, 0.2) is 6.42 Å². The molecule has 1 aromatic rings. The fourth-order valence-corrected chi connectivity index (χ4v) is 4.55. The Balaban J connectivity index is 3.02. The number of nitrogens with zero attached hydrogens (tertiary/aromatic N) is 2. The molecular formula is C13H19N2O5PS. The maximum Gasteiger partial charge on any atom is 0.303 e. The molecule has 0 saturated heterocycles. The molecule has 0 aromatic heterocycles. The van der Waals surface area contributed by atoms with E-state index in [9.17, 15) is 14.9 Å². The number of nitro benzene ring substituents is 1. The summed E-state index contributed by atoms with van der Waals surface area (Å²) in [5, 5.41) is 20.3. The van der Waals surface area contributed by atoms with Gasteiger partial charge in [-0.05, 0) is 44.3 Å². The van der Waals surface area contributed by atoms with Crippen LogP contribution in [0, 0.1) is 17.0 Å². The normalized spacial score (nSPS) is 13.8. The molecule has 0 aliphatic carbocycles. The molecule has 0 aliphatic heterocycles. The van der Waals surface area contributed by atoms with Gasteiger partial charge in [-0.3, -0.25) is 19.6 Å². The van der Waals surface area contributed by atoms with E-state index >= 15 is 0 Å². The Labute approximate surface area is 134 Å². The first-order valence-electron chi connectivity index (χ1n) is 6.57. The van der Waals surface area contributed by atoms with Crippen LogP contribution in [0.4, 0.5) is 5.69 Å². The number of aryl methyl sites for hydroxylation is 1. The molecular weight excluding hydrogens is 327 g/mol. The van der Waals surface area contributed by atoms with Crippen molar-refractivity contribution in [1.29, 1.82) is 0 Å². The number of hydrogen-bond donors (Lipinski definition) is 1. The summed E-state index contributed by atoms with van der Waals surface area (Å²) in [6.07, 6.45) is -2.01. The van der Waals surface area contributed by atoms with Gasteiger partial charge in [-0.2, -0.15) is 0 Å². The van der Waals surface area contributed by atoms with Crippen molar-refractivity contribution in [2.75, 3.05) is 20.7 Å². The van der Waals surface area contributed by atoms with Crippen LogP contribution in [0.3, 0.4) is 0 Å². The third-order valence-corrected chi connectivity index (χ3v) is 7.71. The maximum atomic E-state index is 10.9. The predicted octanol–water partition coefficient (Wildman–Crippen LogP) is 2.28. The SMILES string of the molecule is COP(=S)(c1ccc([N+](=O)[O-])c(C)c1)N(C)CCCC(=O)O. The summed E-state index contributed by atoms with van der Waals surface area (Å²) in [6, 6.07) is 4.72. The number of benzene rings is 1. The van der Waals surface area contributed by atoms with Gasteiger partial charge >= 0.3 is 5.97 Å². The van der Waals surface area contributed by atoms with Crippen LogP contribution < -0.4 is 5.30 Å². The Morgan fingerprint density at radius 1 is 1.55 bits per heavy atom. The highest BCUT2D eigenvalue weighted by Crippen LogP contribution is 2.48. The summed E-state index contributed by atoms with van der Waals surface area (Å²) >= 11 is 5.64. The van der Waals surface area contributed by atoms with Crippen LogP contribution in [0.1, 0.15) is 18.4 Å². The fourth-order valence-electron chi connectivity index (χ4n) is 2.05. The lowest BCUT2D eigenvalue weighted by Crippen LogP contribution is -2.25. The van der Waals surface area contributed by atoms with E-state index < -0.39 is 17.3 Å². The average Bonchev–Trinajstić information content (AvgIpc) is 2.45. The molecule has 0 radical (unpaired) electrons. The molecule has 0 aliphatic rings. The second-order valence-corrected chi connectivity index (χ2v) is 8.90. The summed E-state index contributed by atoms with van der Waals surface area (Å²) in [4.78, 5) is 21.0. The first kappa shape index (κ1) is 18.7. The first-order chi connectivity index (χ1) is 10.2. The Bertz CT molecular complexity index is 622. The summed E-state index contributed by atoms with van der Waals surface area (Å²) in [6.45, 7) is 2.13. The van der Waals surface area contributed by atoms with Gasteiger partial charge in [0.25, 0.3) is 5.69 Å². The number of hydrogen-bond acceptors (Lipinski definition) is 5. The molecule has 1 N–H and O–H groups in total. The number of nitro groups is 1. The smallest absolute Gasteiger partial charge is 0.303 e. The van der Waals surface area contributed by atoms with E-state index in [2.05, 4.69) is 0 Å². The zero-order chi connectivity index (χ0) is 16.9.